The van der Waals surface area contributed by atoms with Gasteiger partial charge in [0.05, 0.1) is 6.61 Å². The van der Waals surface area contributed by atoms with E-state index in [0.717, 1.165) is 0 Å². The van der Waals surface area contributed by atoms with Crippen LogP contribution >= 0.6 is 46.4 Å². The summed E-state index contributed by atoms with van der Waals surface area (Å²) in [5, 5.41) is 0. The molecule has 0 N–H and O–H groups in total. The van der Waals surface area contributed by atoms with Gasteiger partial charge in [-0.05, 0) is 6.08 Å². The summed E-state index contributed by atoms with van der Waals surface area (Å²) in [6.07, 6.45) is 2.17. The lowest BCUT2D eigenvalue weighted by atomic mass is 9.90. The van der Waals surface area contributed by atoms with Crippen LogP contribution in [0.3, 0.4) is 0 Å². The molecule has 2 bridgehead atoms. The van der Waals surface area contributed by atoms with Gasteiger partial charge in [0.1, 0.15) is 12.2 Å². The second kappa shape index (κ2) is 3.08. The van der Waals surface area contributed by atoms with Crippen LogP contribution in [0, 0.1) is 0 Å². The molecule has 0 radical (unpaired) electrons. The summed E-state index contributed by atoms with van der Waals surface area (Å²) in [5.74, 6) is -0.664. The highest BCUT2D eigenvalue weighted by Crippen LogP contribution is 2.58. The van der Waals surface area contributed by atoms with E-state index < -0.39 is 26.2 Å². The van der Waals surface area contributed by atoms with E-state index >= 15 is 0 Å². The second-order valence-corrected chi connectivity index (χ2v) is 6.75. The monoisotopic (exact) mass is 302 g/mol. The number of rotatable bonds is 1. The molecule has 88 valence electrons. The first kappa shape index (κ1) is 11.6. The van der Waals surface area contributed by atoms with Gasteiger partial charge >= 0.3 is 0 Å². The van der Waals surface area contributed by atoms with Crippen molar-refractivity contribution in [3.8, 4) is 0 Å². The Hall–Kier alpha value is 0.490. The Bertz CT molecular complexity index is 402. The van der Waals surface area contributed by atoms with Gasteiger partial charge in [-0.1, -0.05) is 52.5 Å². The summed E-state index contributed by atoms with van der Waals surface area (Å²) in [6.45, 7) is 0.448. The first-order valence-corrected chi connectivity index (χ1v) is 6.13. The van der Waals surface area contributed by atoms with Crippen LogP contribution in [0.4, 0.5) is 0 Å². The number of carbonyl (C=O) groups excluding carboxylic acids is 1. The van der Waals surface area contributed by atoms with Crippen LogP contribution in [-0.2, 0) is 14.3 Å². The molecule has 2 fully saturated rings. The van der Waals surface area contributed by atoms with Crippen LogP contribution < -0.4 is 0 Å². The lowest BCUT2D eigenvalue weighted by molar-refractivity contribution is -0.143. The SMILES string of the molecule is O=C1C(Cl)(Cl)[C@@H]2C=C[C@]([C@H]3CO3)(O2)C1(Cl)Cl. The predicted octanol–water partition coefficient (Wildman–Crippen LogP) is 2.01. The molecule has 0 unspecified atom stereocenters. The average molecular weight is 304 g/mol. The third kappa shape index (κ3) is 1.17. The number of ether oxygens (including phenoxy) is 2. The van der Waals surface area contributed by atoms with Crippen molar-refractivity contribution in [1.82, 2.24) is 0 Å². The summed E-state index contributed by atoms with van der Waals surface area (Å²) >= 11 is 24.0. The number of carbonyl (C=O) groups is 1. The molecular formula is C9H6Cl4O3. The molecular weight excluding hydrogens is 298 g/mol. The maximum absolute atomic E-state index is 12.1. The van der Waals surface area contributed by atoms with Crippen LogP contribution in [0.25, 0.3) is 0 Å². The zero-order valence-electron chi connectivity index (χ0n) is 7.75. The van der Waals surface area contributed by atoms with E-state index in [-0.39, 0.29) is 6.10 Å². The van der Waals surface area contributed by atoms with Gasteiger partial charge in [-0.25, -0.2) is 0 Å². The molecule has 16 heavy (non-hydrogen) atoms. The number of alkyl halides is 4. The molecule has 0 aliphatic carbocycles. The molecule has 3 heterocycles. The van der Waals surface area contributed by atoms with E-state index in [1.807, 2.05) is 0 Å². The van der Waals surface area contributed by atoms with E-state index in [0.29, 0.717) is 6.61 Å². The van der Waals surface area contributed by atoms with Gasteiger partial charge in [0.2, 0.25) is 14.4 Å². The zero-order chi connectivity index (χ0) is 11.8. The van der Waals surface area contributed by atoms with E-state index in [2.05, 4.69) is 0 Å². The van der Waals surface area contributed by atoms with E-state index in [9.17, 15) is 4.79 Å². The van der Waals surface area contributed by atoms with Gasteiger partial charge in [0, 0.05) is 0 Å². The highest BCUT2D eigenvalue weighted by molar-refractivity contribution is 6.70. The Kier molecular flexibility index (Phi) is 2.23. The molecule has 0 aromatic rings. The van der Waals surface area contributed by atoms with Crippen molar-refractivity contribution in [1.29, 1.82) is 0 Å². The Morgan fingerprint density at radius 3 is 2.50 bits per heavy atom. The molecule has 3 atom stereocenters. The Balaban J connectivity index is 2.13. The number of fused-ring (bicyclic) bond motifs is 2. The fourth-order valence-corrected chi connectivity index (χ4v) is 3.56. The van der Waals surface area contributed by atoms with Crippen LogP contribution in [0.5, 0.6) is 0 Å². The molecule has 2 saturated heterocycles. The zero-order valence-corrected chi connectivity index (χ0v) is 10.8. The lowest BCUT2D eigenvalue weighted by Crippen LogP contribution is -2.66. The smallest absolute Gasteiger partial charge is 0.213 e. The van der Waals surface area contributed by atoms with E-state index in [1.165, 1.54) is 0 Å². The molecule has 3 rings (SSSR count). The third-order valence-corrected chi connectivity index (χ3v) is 4.80. The Morgan fingerprint density at radius 2 is 1.94 bits per heavy atom. The van der Waals surface area contributed by atoms with Crippen LogP contribution in [0.15, 0.2) is 12.2 Å². The molecule has 0 aromatic carbocycles. The molecule has 0 aromatic heterocycles. The maximum atomic E-state index is 12.1. The van der Waals surface area contributed by atoms with E-state index in [1.54, 1.807) is 12.2 Å². The molecule has 3 aliphatic heterocycles. The van der Waals surface area contributed by atoms with Gasteiger partial charge in [0.15, 0.2) is 5.60 Å². The second-order valence-electron chi connectivity index (χ2n) is 4.04. The molecule has 7 heteroatoms. The Labute approximate surface area is 112 Å². The first-order valence-electron chi connectivity index (χ1n) is 4.62. The van der Waals surface area contributed by atoms with Crippen molar-refractivity contribution < 1.29 is 14.3 Å². The Morgan fingerprint density at radius 1 is 1.31 bits per heavy atom. The minimum atomic E-state index is -1.83. The first-order chi connectivity index (χ1) is 7.32. The fourth-order valence-electron chi connectivity index (χ4n) is 2.09. The topological polar surface area (TPSA) is 38.8 Å². The number of hydrogen-bond donors (Lipinski definition) is 0. The van der Waals surface area contributed by atoms with Crippen molar-refractivity contribution in [2.75, 3.05) is 6.61 Å². The van der Waals surface area contributed by atoms with Crippen molar-refractivity contribution in [3.05, 3.63) is 12.2 Å². The molecule has 0 spiro atoms. The van der Waals surface area contributed by atoms with Crippen molar-refractivity contribution in [3.63, 3.8) is 0 Å². The quantitative estimate of drug-likeness (QED) is 0.422. The summed E-state index contributed by atoms with van der Waals surface area (Å²) in [6, 6.07) is 0. The minimum absolute atomic E-state index is 0.322. The van der Waals surface area contributed by atoms with Gasteiger partial charge in [0.25, 0.3) is 0 Å². The summed E-state index contributed by atoms with van der Waals surface area (Å²) in [7, 11) is 0. The van der Waals surface area contributed by atoms with Crippen LogP contribution in [0.1, 0.15) is 0 Å². The number of epoxide rings is 1. The lowest BCUT2D eigenvalue weighted by Gasteiger charge is -2.45. The van der Waals surface area contributed by atoms with Crippen LogP contribution in [0.2, 0.25) is 0 Å². The minimum Gasteiger partial charge on any atom is -0.369 e. The van der Waals surface area contributed by atoms with Gasteiger partial charge in [-0.3, -0.25) is 4.79 Å². The number of halogens is 4. The number of ketones is 1. The molecule has 3 aliphatic rings. The summed E-state index contributed by atoms with van der Waals surface area (Å²) in [5.41, 5.74) is -1.16. The van der Waals surface area contributed by atoms with Gasteiger partial charge < -0.3 is 9.47 Å². The predicted molar refractivity (Wildman–Crippen MR) is 60.4 cm³/mol. The van der Waals surface area contributed by atoms with E-state index in [4.69, 9.17) is 55.9 Å². The van der Waals surface area contributed by atoms with Gasteiger partial charge in [-0.15, -0.1) is 0 Å². The maximum Gasteiger partial charge on any atom is 0.213 e. The van der Waals surface area contributed by atoms with Crippen molar-refractivity contribution in [2.24, 2.45) is 0 Å². The highest BCUT2D eigenvalue weighted by Gasteiger charge is 2.74. The number of hydrogen-bond acceptors (Lipinski definition) is 3. The molecule has 0 amide bonds. The summed E-state index contributed by atoms with van der Waals surface area (Å²) in [4.78, 5) is 12.1. The fraction of sp³-hybridized carbons (Fsp3) is 0.667. The normalized spacial score (nSPS) is 47.1. The van der Waals surface area contributed by atoms with Crippen molar-refractivity contribution >= 4 is 52.2 Å². The number of Topliss-reactive ketones (excluding diaryl/α,β-unsaturated/α-hetero) is 1. The van der Waals surface area contributed by atoms with Crippen molar-refractivity contribution in [2.45, 2.75) is 26.5 Å². The third-order valence-electron chi connectivity index (χ3n) is 3.09. The molecule has 0 saturated carbocycles. The summed E-state index contributed by atoms with van der Waals surface area (Å²) < 4.78 is 7.18. The van der Waals surface area contributed by atoms with Crippen LogP contribution in [-0.4, -0.2) is 38.9 Å². The largest absolute Gasteiger partial charge is 0.369 e. The average Bonchev–Trinajstić information content (AvgIpc) is 2.95. The highest BCUT2D eigenvalue weighted by atomic mass is 35.5. The standard InChI is InChI=1S/C9H6Cl4O3/c10-8(11)4-1-2-7(16-4,5-3-15-5)9(12,13)6(8)14/h1-2,4-5H,3H2/t4-,5+,7+/m0/s1. The molecule has 3 nitrogen and oxygen atoms in total. The van der Waals surface area contributed by atoms with Gasteiger partial charge in [-0.2, -0.15) is 0 Å².